The molecule has 0 fully saturated rings. The van der Waals surface area contributed by atoms with Crippen LogP contribution in [0.15, 0.2) is 66.7 Å². The Hall–Kier alpha value is -4.01. The fraction of sp³-hybridized carbons (Fsp3) is 0.231. The van der Waals surface area contributed by atoms with Crippen LogP contribution in [0.25, 0.3) is 17.1 Å². The van der Waals surface area contributed by atoms with E-state index in [2.05, 4.69) is 10.1 Å². The summed E-state index contributed by atoms with van der Waals surface area (Å²) in [7, 11) is 0. The molecule has 1 aromatic heterocycles. The molecule has 1 heterocycles. The largest absolute Gasteiger partial charge is 0.508 e. The van der Waals surface area contributed by atoms with Crippen molar-refractivity contribution >= 4 is 0 Å². The molecule has 6 nitrogen and oxygen atoms in total. The van der Waals surface area contributed by atoms with Gasteiger partial charge in [-0.15, -0.1) is 5.10 Å². The smallest absolute Gasteiger partial charge is 0.416 e. The molecule has 0 spiro atoms. The molecule has 0 aliphatic carbocycles. The van der Waals surface area contributed by atoms with Crippen molar-refractivity contribution in [3.05, 3.63) is 83.7 Å². The number of nitrogens with zero attached hydrogens (tertiary/aromatic N) is 3. The Bertz CT molecular complexity index is 1300. The maximum Gasteiger partial charge on any atom is 0.416 e. The van der Waals surface area contributed by atoms with Crippen LogP contribution in [0, 0.1) is 6.92 Å². The van der Waals surface area contributed by atoms with E-state index >= 15 is 0 Å². The third-order valence-electron chi connectivity index (χ3n) is 5.11. The lowest BCUT2D eigenvalue weighted by atomic mass is 10.1. The van der Waals surface area contributed by atoms with Gasteiger partial charge in [0.1, 0.15) is 23.9 Å². The average Bonchev–Trinajstić information content (AvgIpc) is 3.24. The van der Waals surface area contributed by atoms with Crippen molar-refractivity contribution < 1.29 is 27.8 Å². The molecule has 4 rings (SSSR count). The molecule has 1 N–H and O–H groups in total. The Labute approximate surface area is 200 Å². The van der Waals surface area contributed by atoms with Gasteiger partial charge >= 0.3 is 6.18 Å². The Kier molecular flexibility index (Phi) is 6.68. The van der Waals surface area contributed by atoms with Crippen LogP contribution < -0.4 is 9.47 Å². The van der Waals surface area contributed by atoms with E-state index in [9.17, 15) is 18.3 Å². The molecule has 0 aliphatic rings. The van der Waals surface area contributed by atoms with E-state index in [1.807, 2.05) is 13.8 Å². The third-order valence-corrected chi connectivity index (χ3v) is 5.11. The first-order valence-electron chi connectivity index (χ1n) is 10.9. The van der Waals surface area contributed by atoms with Gasteiger partial charge in [0.05, 0.1) is 17.4 Å². The SMILES string of the molecule is Cc1cc(OCc2nc(-c3ccc(C(F)(F)F)cc3)n(-c3ccc(OC(C)C)cc3)n2)ccc1O. The summed E-state index contributed by atoms with van der Waals surface area (Å²) in [5.74, 6) is 2.09. The molecule has 0 unspecified atom stereocenters. The van der Waals surface area contributed by atoms with E-state index in [1.165, 1.54) is 18.2 Å². The number of alkyl halides is 3. The highest BCUT2D eigenvalue weighted by Crippen LogP contribution is 2.31. The van der Waals surface area contributed by atoms with Gasteiger partial charge in [-0.05, 0) is 80.9 Å². The highest BCUT2D eigenvalue weighted by molar-refractivity contribution is 5.59. The molecule has 0 amide bonds. The van der Waals surface area contributed by atoms with Crippen LogP contribution in [-0.2, 0) is 12.8 Å². The van der Waals surface area contributed by atoms with Crippen LogP contribution in [0.5, 0.6) is 17.2 Å². The Morgan fingerprint density at radius 3 is 2.20 bits per heavy atom. The van der Waals surface area contributed by atoms with E-state index in [4.69, 9.17) is 9.47 Å². The number of benzene rings is 3. The summed E-state index contributed by atoms with van der Waals surface area (Å²) < 4.78 is 52.1. The molecule has 0 bridgehead atoms. The lowest BCUT2D eigenvalue weighted by Crippen LogP contribution is -2.06. The van der Waals surface area contributed by atoms with Crippen molar-refractivity contribution in [3.63, 3.8) is 0 Å². The molecule has 0 saturated carbocycles. The number of hydrogen-bond donors (Lipinski definition) is 1. The number of aromatic hydroxyl groups is 1. The normalized spacial score (nSPS) is 11.6. The molecule has 3 aromatic carbocycles. The summed E-state index contributed by atoms with van der Waals surface area (Å²) in [5.41, 5.74) is 1.05. The van der Waals surface area contributed by atoms with Crippen molar-refractivity contribution in [2.75, 3.05) is 0 Å². The number of halogens is 3. The van der Waals surface area contributed by atoms with E-state index < -0.39 is 11.7 Å². The molecular formula is C26H24F3N3O3. The van der Waals surface area contributed by atoms with Crippen LogP contribution in [0.2, 0.25) is 0 Å². The van der Waals surface area contributed by atoms with Crippen LogP contribution in [0.4, 0.5) is 13.2 Å². The monoisotopic (exact) mass is 483 g/mol. The zero-order valence-electron chi connectivity index (χ0n) is 19.4. The number of ether oxygens (including phenoxy) is 2. The predicted molar refractivity (Wildman–Crippen MR) is 125 cm³/mol. The number of phenols is 1. The van der Waals surface area contributed by atoms with Gasteiger partial charge in [0.2, 0.25) is 0 Å². The predicted octanol–water partition coefficient (Wildman–Crippen LogP) is 6.33. The van der Waals surface area contributed by atoms with Crippen LogP contribution in [-0.4, -0.2) is 26.0 Å². The lowest BCUT2D eigenvalue weighted by Gasteiger charge is -2.11. The highest BCUT2D eigenvalue weighted by atomic mass is 19.4. The molecule has 9 heteroatoms. The summed E-state index contributed by atoms with van der Waals surface area (Å²) in [5, 5.41) is 14.2. The second-order valence-corrected chi connectivity index (χ2v) is 8.24. The topological polar surface area (TPSA) is 69.4 Å². The van der Waals surface area contributed by atoms with Gasteiger partial charge in [0.25, 0.3) is 0 Å². The summed E-state index contributed by atoms with van der Waals surface area (Å²) in [6.07, 6.45) is -4.41. The number of phenolic OH excluding ortho intramolecular Hbond substituents is 1. The second kappa shape index (κ2) is 9.69. The third kappa shape index (κ3) is 5.74. The van der Waals surface area contributed by atoms with Crippen molar-refractivity contribution in [2.24, 2.45) is 0 Å². The van der Waals surface area contributed by atoms with Crippen molar-refractivity contribution in [1.29, 1.82) is 0 Å². The van der Waals surface area contributed by atoms with E-state index in [1.54, 1.807) is 48.0 Å². The van der Waals surface area contributed by atoms with Crippen LogP contribution in [0.3, 0.4) is 0 Å². The van der Waals surface area contributed by atoms with Gasteiger partial charge in [0.15, 0.2) is 11.6 Å². The van der Waals surface area contributed by atoms with Crippen molar-refractivity contribution in [1.82, 2.24) is 14.8 Å². The number of hydrogen-bond acceptors (Lipinski definition) is 5. The molecule has 0 atom stereocenters. The van der Waals surface area contributed by atoms with Crippen LogP contribution >= 0.6 is 0 Å². The Morgan fingerprint density at radius 2 is 1.60 bits per heavy atom. The maximum absolute atomic E-state index is 13.0. The minimum atomic E-state index is -4.43. The first kappa shape index (κ1) is 24.1. The minimum absolute atomic E-state index is 0.0159. The van der Waals surface area contributed by atoms with Gasteiger partial charge in [-0.1, -0.05) is 12.1 Å². The lowest BCUT2D eigenvalue weighted by molar-refractivity contribution is -0.137. The van der Waals surface area contributed by atoms with Gasteiger partial charge < -0.3 is 14.6 Å². The highest BCUT2D eigenvalue weighted by Gasteiger charge is 2.30. The van der Waals surface area contributed by atoms with E-state index in [0.29, 0.717) is 40.0 Å². The first-order chi connectivity index (χ1) is 16.6. The van der Waals surface area contributed by atoms with Gasteiger partial charge in [0, 0.05) is 5.56 Å². The minimum Gasteiger partial charge on any atom is -0.508 e. The van der Waals surface area contributed by atoms with Crippen molar-refractivity contribution in [3.8, 4) is 34.3 Å². The Morgan fingerprint density at radius 1 is 0.943 bits per heavy atom. The summed E-state index contributed by atoms with van der Waals surface area (Å²) >= 11 is 0. The van der Waals surface area contributed by atoms with Crippen LogP contribution in [0.1, 0.15) is 30.8 Å². The number of rotatable bonds is 7. The van der Waals surface area contributed by atoms with Gasteiger partial charge in [-0.25, -0.2) is 9.67 Å². The van der Waals surface area contributed by atoms with Crippen molar-refractivity contribution in [2.45, 2.75) is 39.7 Å². The fourth-order valence-corrected chi connectivity index (χ4v) is 3.39. The number of aryl methyl sites for hydroxylation is 1. The Balaban J connectivity index is 1.67. The average molecular weight is 483 g/mol. The first-order valence-corrected chi connectivity index (χ1v) is 10.9. The zero-order chi connectivity index (χ0) is 25.2. The molecule has 4 aromatic rings. The second-order valence-electron chi connectivity index (χ2n) is 8.24. The fourth-order valence-electron chi connectivity index (χ4n) is 3.39. The summed E-state index contributed by atoms with van der Waals surface area (Å²) in [6.45, 7) is 5.63. The van der Waals surface area contributed by atoms with Gasteiger partial charge in [-0.3, -0.25) is 0 Å². The zero-order valence-corrected chi connectivity index (χ0v) is 19.4. The molecule has 0 aliphatic heterocycles. The molecule has 182 valence electrons. The molecule has 0 saturated heterocycles. The van der Waals surface area contributed by atoms with Gasteiger partial charge in [-0.2, -0.15) is 13.2 Å². The van der Waals surface area contributed by atoms with E-state index in [0.717, 1.165) is 12.1 Å². The summed E-state index contributed by atoms with van der Waals surface area (Å²) in [6, 6.07) is 16.8. The van der Waals surface area contributed by atoms with E-state index in [-0.39, 0.29) is 18.5 Å². The summed E-state index contributed by atoms with van der Waals surface area (Å²) in [4.78, 5) is 4.54. The standard InChI is InChI=1S/C26H24F3N3O3/c1-16(2)35-21-10-8-20(9-11-21)32-25(18-4-6-19(7-5-18)26(27,28)29)30-24(31-32)15-34-22-12-13-23(33)17(3)14-22/h4-14,16,33H,15H2,1-3H3. The molecule has 35 heavy (non-hydrogen) atoms. The molecule has 0 radical (unpaired) electrons. The maximum atomic E-state index is 13.0. The molecular weight excluding hydrogens is 459 g/mol. The number of aromatic nitrogens is 3. The quantitative estimate of drug-likeness (QED) is 0.333.